The summed E-state index contributed by atoms with van der Waals surface area (Å²) < 4.78 is 0. The standard InChI is InChI=1S/C15H20N2O/c1-14(2,3)15(18,10-16)12-6-7-13-11(9-12)5-4-8-17-13/h4-9,18H,10,16H2,1-3H3. The third-order valence-corrected chi connectivity index (χ3v) is 3.62. The predicted octanol–water partition coefficient (Wildman–Crippen LogP) is 2.43. The van der Waals surface area contributed by atoms with Gasteiger partial charge in [-0.15, -0.1) is 0 Å². The van der Waals surface area contributed by atoms with Crippen LogP contribution >= 0.6 is 0 Å². The van der Waals surface area contributed by atoms with Crippen LogP contribution in [0.2, 0.25) is 0 Å². The average molecular weight is 244 g/mol. The van der Waals surface area contributed by atoms with Gasteiger partial charge in [0.05, 0.1) is 5.52 Å². The van der Waals surface area contributed by atoms with E-state index in [0.717, 1.165) is 16.5 Å². The van der Waals surface area contributed by atoms with Gasteiger partial charge in [0.1, 0.15) is 5.60 Å². The number of nitrogens with zero attached hydrogens (tertiary/aromatic N) is 1. The second-order valence-corrected chi connectivity index (χ2v) is 5.73. The largest absolute Gasteiger partial charge is 0.383 e. The molecule has 0 aliphatic heterocycles. The van der Waals surface area contributed by atoms with Crippen LogP contribution in [0.5, 0.6) is 0 Å². The number of aliphatic hydroxyl groups is 1. The molecule has 3 N–H and O–H groups in total. The summed E-state index contributed by atoms with van der Waals surface area (Å²) in [5.74, 6) is 0. The fourth-order valence-corrected chi connectivity index (χ4v) is 2.19. The van der Waals surface area contributed by atoms with Crippen LogP contribution in [0.1, 0.15) is 26.3 Å². The molecule has 18 heavy (non-hydrogen) atoms. The molecule has 2 aromatic rings. The summed E-state index contributed by atoms with van der Waals surface area (Å²) in [4.78, 5) is 4.28. The molecule has 1 atom stereocenters. The topological polar surface area (TPSA) is 59.1 Å². The Bertz CT molecular complexity index is 560. The Morgan fingerprint density at radius 3 is 2.56 bits per heavy atom. The lowest BCUT2D eigenvalue weighted by Crippen LogP contribution is -2.46. The van der Waals surface area contributed by atoms with Gasteiger partial charge in [0.2, 0.25) is 0 Å². The number of nitrogens with two attached hydrogens (primary N) is 1. The van der Waals surface area contributed by atoms with Crippen molar-refractivity contribution in [3.05, 3.63) is 42.1 Å². The van der Waals surface area contributed by atoms with Crippen LogP contribution in [0, 0.1) is 5.41 Å². The van der Waals surface area contributed by atoms with E-state index in [1.165, 1.54) is 0 Å². The fraction of sp³-hybridized carbons (Fsp3) is 0.400. The van der Waals surface area contributed by atoms with Crippen molar-refractivity contribution in [3.63, 3.8) is 0 Å². The number of rotatable bonds is 2. The maximum absolute atomic E-state index is 10.8. The average Bonchev–Trinajstić information content (AvgIpc) is 2.35. The molecule has 3 nitrogen and oxygen atoms in total. The third-order valence-electron chi connectivity index (χ3n) is 3.62. The lowest BCUT2D eigenvalue weighted by Gasteiger charge is -2.40. The molecule has 0 aliphatic carbocycles. The summed E-state index contributed by atoms with van der Waals surface area (Å²) in [5, 5.41) is 11.9. The van der Waals surface area contributed by atoms with Crippen LogP contribution < -0.4 is 5.73 Å². The molecule has 0 bridgehead atoms. The van der Waals surface area contributed by atoms with Crippen LogP contribution in [-0.4, -0.2) is 16.6 Å². The highest BCUT2D eigenvalue weighted by atomic mass is 16.3. The summed E-state index contributed by atoms with van der Waals surface area (Å²) >= 11 is 0. The van der Waals surface area contributed by atoms with Crippen LogP contribution in [0.15, 0.2) is 36.5 Å². The number of hydrogen-bond donors (Lipinski definition) is 2. The molecule has 1 aromatic carbocycles. The Morgan fingerprint density at radius 2 is 1.94 bits per heavy atom. The molecule has 96 valence electrons. The second-order valence-electron chi connectivity index (χ2n) is 5.73. The lowest BCUT2D eigenvalue weighted by molar-refractivity contribution is -0.0556. The van der Waals surface area contributed by atoms with Crippen LogP contribution in [0.4, 0.5) is 0 Å². The summed E-state index contributed by atoms with van der Waals surface area (Å²) in [6.07, 6.45) is 1.76. The zero-order valence-electron chi connectivity index (χ0n) is 11.1. The third kappa shape index (κ3) is 2.00. The van der Waals surface area contributed by atoms with E-state index in [1.54, 1.807) is 6.20 Å². The quantitative estimate of drug-likeness (QED) is 0.853. The van der Waals surface area contributed by atoms with Crippen molar-refractivity contribution in [2.45, 2.75) is 26.4 Å². The smallest absolute Gasteiger partial charge is 0.107 e. The minimum absolute atomic E-state index is 0.197. The molecular formula is C15H20N2O. The Labute approximate surface area is 108 Å². The van der Waals surface area contributed by atoms with Gasteiger partial charge in [-0.25, -0.2) is 0 Å². The molecule has 1 unspecified atom stereocenters. The zero-order valence-corrected chi connectivity index (χ0v) is 11.1. The van der Waals surface area contributed by atoms with E-state index in [2.05, 4.69) is 4.98 Å². The van der Waals surface area contributed by atoms with E-state index >= 15 is 0 Å². The molecule has 1 aromatic heterocycles. The maximum Gasteiger partial charge on any atom is 0.107 e. The number of fused-ring (bicyclic) bond motifs is 1. The minimum Gasteiger partial charge on any atom is -0.383 e. The van der Waals surface area contributed by atoms with E-state index < -0.39 is 5.60 Å². The van der Waals surface area contributed by atoms with Crippen LogP contribution in [0.25, 0.3) is 10.9 Å². The highest BCUT2D eigenvalue weighted by molar-refractivity contribution is 5.79. The molecule has 0 saturated heterocycles. The summed E-state index contributed by atoms with van der Waals surface area (Å²) in [7, 11) is 0. The Balaban J connectivity index is 2.59. The van der Waals surface area contributed by atoms with Gasteiger partial charge in [-0.2, -0.15) is 0 Å². The van der Waals surface area contributed by atoms with Crippen molar-refractivity contribution in [1.82, 2.24) is 4.98 Å². The highest BCUT2D eigenvalue weighted by Crippen LogP contribution is 2.39. The lowest BCUT2D eigenvalue weighted by atomic mass is 9.72. The normalized spacial score (nSPS) is 15.6. The van der Waals surface area contributed by atoms with Crippen molar-refractivity contribution in [2.24, 2.45) is 11.1 Å². The van der Waals surface area contributed by atoms with E-state index in [-0.39, 0.29) is 12.0 Å². The van der Waals surface area contributed by atoms with Gasteiger partial charge in [0.25, 0.3) is 0 Å². The molecule has 2 rings (SSSR count). The van der Waals surface area contributed by atoms with E-state index in [4.69, 9.17) is 5.73 Å². The molecule has 0 aliphatic rings. The van der Waals surface area contributed by atoms with Gasteiger partial charge in [0, 0.05) is 18.1 Å². The SMILES string of the molecule is CC(C)(C)C(O)(CN)c1ccc2ncccc2c1. The van der Waals surface area contributed by atoms with Crippen molar-refractivity contribution >= 4 is 10.9 Å². The molecule has 0 fully saturated rings. The first-order valence-corrected chi connectivity index (χ1v) is 6.16. The van der Waals surface area contributed by atoms with Gasteiger partial charge in [-0.1, -0.05) is 32.9 Å². The van der Waals surface area contributed by atoms with Gasteiger partial charge in [0.15, 0.2) is 0 Å². The Kier molecular flexibility index (Phi) is 3.13. The molecule has 0 spiro atoms. The minimum atomic E-state index is -1.03. The predicted molar refractivity (Wildman–Crippen MR) is 74.1 cm³/mol. The van der Waals surface area contributed by atoms with Crippen molar-refractivity contribution < 1.29 is 5.11 Å². The second kappa shape index (κ2) is 4.34. The number of pyridine rings is 1. The zero-order chi connectivity index (χ0) is 13.4. The molecule has 0 radical (unpaired) electrons. The first-order valence-electron chi connectivity index (χ1n) is 6.16. The van der Waals surface area contributed by atoms with E-state index in [0.29, 0.717) is 0 Å². The number of benzene rings is 1. The van der Waals surface area contributed by atoms with Crippen molar-refractivity contribution in [3.8, 4) is 0 Å². The Hall–Kier alpha value is -1.45. The van der Waals surface area contributed by atoms with Crippen LogP contribution in [-0.2, 0) is 5.60 Å². The molecule has 3 heteroatoms. The van der Waals surface area contributed by atoms with Crippen LogP contribution in [0.3, 0.4) is 0 Å². The first-order chi connectivity index (χ1) is 8.38. The summed E-state index contributed by atoms with van der Waals surface area (Å²) in [5.41, 5.74) is 6.22. The fourth-order valence-electron chi connectivity index (χ4n) is 2.19. The monoisotopic (exact) mass is 244 g/mol. The van der Waals surface area contributed by atoms with E-state index in [1.807, 2.05) is 51.1 Å². The van der Waals surface area contributed by atoms with Gasteiger partial charge >= 0.3 is 0 Å². The van der Waals surface area contributed by atoms with Gasteiger partial charge in [-0.05, 0) is 29.2 Å². The number of hydrogen-bond acceptors (Lipinski definition) is 3. The summed E-state index contributed by atoms with van der Waals surface area (Å²) in [6, 6.07) is 9.70. The summed E-state index contributed by atoms with van der Waals surface area (Å²) in [6.45, 7) is 6.18. The molecule has 1 heterocycles. The Morgan fingerprint density at radius 1 is 1.22 bits per heavy atom. The molecular weight excluding hydrogens is 224 g/mol. The highest BCUT2D eigenvalue weighted by Gasteiger charge is 2.40. The molecule has 0 saturated carbocycles. The number of aromatic nitrogens is 1. The maximum atomic E-state index is 10.8. The van der Waals surface area contributed by atoms with Crippen molar-refractivity contribution in [2.75, 3.05) is 6.54 Å². The van der Waals surface area contributed by atoms with Gasteiger partial charge in [-0.3, -0.25) is 4.98 Å². The molecule has 0 amide bonds. The first kappa shape index (κ1) is 13.0. The van der Waals surface area contributed by atoms with Crippen molar-refractivity contribution in [1.29, 1.82) is 0 Å². The van der Waals surface area contributed by atoms with Gasteiger partial charge < -0.3 is 10.8 Å². The van der Waals surface area contributed by atoms with E-state index in [9.17, 15) is 5.11 Å².